The molecule has 0 atom stereocenters. The molecule has 0 unspecified atom stereocenters. The van der Waals surface area contributed by atoms with Crippen molar-refractivity contribution in [2.24, 2.45) is 5.14 Å². The molecule has 0 aromatic rings. The number of hydrogen-bond donors (Lipinski definition) is 1. The molecule has 0 amide bonds. The fraction of sp³-hybridized carbons (Fsp3) is 1.00. The van der Waals surface area contributed by atoms with Gasteiger partial charge in [0.1, 0.15) is 0 Å². The van der Waals surface area contributed by atoms with Crippen LogP contribution in [-0.4, -0.2) is 39.0 Å². The van der Waals surface area contributed by atoms with Crippen LogP contribution in [-0.2, 0) is 14.9 Å². The van der Waals surface area contributed by atoms with E-state index in [0.29, 0.717) is 13.2 Å². The number of hydrogen-bond acceptors (Lipinski definition) is 3. The Morgan fingerprint density at radius 3 is 2.33 bits per heavy atom. The highest BCUT2D eigenvalue weighted by atomic mass is 32.2. The molecule has 2 N–H and O–H groups in total. The van der Waals surface area contributed by atoms with Crippen LogP contribution in [0.25, 0.3) is 0 Å². The second kappa shape index (κ2) is 3.69. The van der Waals surface area contributed by atoms with Gasteiger partial charge in [-0.3, -0.25) is 0 Å². The van der Waals surface area contributed by atoms with Crippen molar-refractivity contribution in [2.75, 3.05) is 20.3 Å². The van der Waals surface area contributed by atoms with E-state index >= 15 is 0 Å². The minimum atomic E-state index is -3.52. The van der Waals surface area contributed by atoms with E-state index < -0.39 is 10.2 Å². The molecule has 0 aromatic carbocycles. The molecule has 1 saturated heterocycles. The number of ether oxygens (including phenoxy) is 1. The predicted molar refractivity (Wildman–Crippen MR) is 44.7 cm³/mol. The molecule has 0 spiro atoms. The summed E-state index contributed by atoms with van der Waals surface area (Å²) in [6.45, 7) is 1.23. The Morgan fingerprint density at radius 1 is 1.42 bits per heavy atom. The zero-order valence-electron chi connectivity index (χ0n) is 7.06. The molecule has 1 aliphatic heterocycles. The third-order valence-corrected chi connectivity index (χ3v) is 3.21. The van der Waals surface area contributed by atoms with Crippen molar-refractivity contribution in [2.45, 2.75) is 18.9 Å². The highest BCUT2D eigenvalue weighted by molar-refractivity contribution is 7.86. The molecular weight excluding hydrogens is 180 g/mol. The summed E-state index contributed by atoms with van der Waals surface area (Å²) in [6, 6.07) is 0.00810. The van der Waals surface area contributed by atoms with Crippen LogP contribution in [0.2, 0.25) is 0 Å². The molecule has 5 nitrogen and oxygen atoms in total. The molecule has 1 fully saturated rings. The van der Waals surface area contributed by atoms with Gasteiger partial charge in [0.2, 0.25) is 0 Å². The first-order valence-electron chi connectivity index (χ1n) is 3.85. The molecule has 1 rings (SSSR count). The van der Waals surface area contributed by atoms with E-state index in [1.807, 2.05) is 0 Å². The topological polar surface area (TPSA) is 72.6 Å². The Bertz CT molecular complexity index is 233. The fourth-order valence-corrected chi connectivity index (χ4v) is 1.88. The van der Waals surface area contributed by atoms with Gasteiger partial charge in [0.05, 0.1) is 0 Å². The Labute approximate surface area is 72.7 Å². The number of nitrogens with two attached hydrogens (primary N) is 1. The molecule has 0 aromatic heterocycles. The first kappa shape index (κ1) is 9.91. The summed E-state index contributed by atoms with van der Waals surface area (Å²) in [7, 11) is -2.02. The number of rotatable bonds is 2. The molecule has 6 heteroatoms. The van der Waals surface area contributed by atoms with Crippen LogP contribution >= 0.6 is 0 Å². The zero-order valence-corrected chi connectivity index (χ0v) is 7.88. The lowest BCUT2D eigenvalue weighted by Crippen LogP contribution is -2.43. The van der Waals surface area contributed by atoms with Crippen molar-refractivity contribution in [1.29, 1.82) is 0 Å². The summed E-state index contributed by atoms with van der Waals surface area (Å²) >= 11 is 0. The fourth-order valence-electron chi connectivity index (χ4n) is 1.26. The van der Waals surface area contributed by atoms with Crippen LogP contribution in [0.15, 0.2) is 0 Å². The van der Waals surface area contributed by atoms with E-state index in [0.717, 1.165) is 12.8 Å². The highest BCUT2D eigenvalue weighted by Gasteiger charge is 2.24. The summed E-state index contributed by atoms with van der Waals surface area (Å²) < 4.78 is 28.1. The largest absolute Gasteiger partial charge is 0.381 e. The van der Waals surface area contributed by atoms with Crippen LogP contribution in [0.1, 0.15) is 12.8 Å². The molecule has 12 heavy (non-hydrogen) atoms. The van der Waals surface area contributed by atoms with Crippen LogP contribution in [0.3, 0.4) is 0 Å². The predicted octanol–water partition coefficient (Wildman–Crippen LogP) is -0.699. The van der Waals surface area contributed by atoms with E-state index in [-0.39, 0.29) is 6.04 Å². The van der Waals surface area contributed by atoms with Gasteiger partial charge in [-0.2, -0.15) is 12.7 Å². The Balaban J connectivity index is 2.57. The van der Waals surface area contributed by atoms with Crippen LogP contribution in [0.4, 0.5) is 0 Å². The Morgan fingerprint density at radius 2 is 1.92 bits per heavy atom. The maximum Gasteiger partial charge on any atom is 0.276 e. The van der Waals surface area contributed by atoms with Gasteiger partial charge in [-0.25, -0.2) is 5.14 Å². The highest BCUT2D eigenvalue weighted by Crippen LogP contribution is 2.13. The van der Waals surface area contributed by atoms with Crippen LogP contribution in [0, 0.1) is 0 Å². The second-order valence-electron chi connectivity index (χ2n) is 2.90. The molecule has 0 bridgehead atoms. The van der Waals surface area contributed by atoms with E-state index in [9.17, 15) is 8.42 Å². The molecule has 0 radical (unpaired) electrons. The van der Waals surface area contributed by atoms with Gasteiger partial charge in [0.25, 0.3) is 10.2 Å². The van der Waals surface area contributed by atoms with Gasteiger partial charge in [0, 0.05) is 26.3 Å². The van der Waals surface area contributed by atoms with E-state index in [1.165, 1.54) is 11.4 Å². The molecule has 1 heterocycles. The molecule has 0 saturated carbocycles. The van der Waals surface area contributed by atoms with Crippen molar-refractivity contribution in [1.82, 2.24) is 4.31 Å². The van der Waals surface area contributed by atoms with Gasteiger partial charge in [0.15, 0.2) is 0 Å². The third-order valence-electron chi connectivity index (χ3n) is 2.11. The standard InChI is InChI=1S/C6H14N2O3S/c1-8(12(7,9)10)6-2-4-11-5-3-6/h6H,2-5H2,1H3,(H2,7,9,10). The van der Waals surface area contributed by atoms with E-state index in [4.69, 9.17) is 9.88 Å². The zero-order chi connectivity index (χ0) is 9.19. The average Bonchev–Trinajstić information content (AvgIpc) is 2.03. The minimum Gasteiger partial charge on any atom is -0.381 e. The molecule has 72 valence electrons. The maximum atomic E-state index is 10.9. The summed E-state index contributed by atoms with van der Waals surface area (Å²) in [6.07, 6.45) is 1.46. The van der Waals surface area contributed by atoms with Gasteiger partial charge in [-0.1, -0.05) is 0 Å². The van der Waals surface area contributed by atoms with Crippen molar-refractivity contribution in [3.8, 4) is 0 Å². The average molecular weight is 194 g/mol. The molecular formula is C6H14N2O3S. The van der Waals surface area contributed by atoms with Gasteiger partial charge in [-0.05, 0) is 12.8 Å². The first-order chi connectivity index (χ1) is 5.52. The van der Waals surface area contributed by atoms with Crippen molar-refractivity contribution < 1.29 is 13.2 Å². The smallest absolute Gasteiger partial charge is 0.276 e. The quantitative estimate of drug-likeness (QED) is 0.632. The maximum absolute atomic E-state index is 10.9. The van der Waals surface area contributed by atoms with Crippen LogP contribution < -0.4 is 5.14 Å². The summed E-state index contributed by atoms with van der Waals surface area (Å²) in [5, 5.41) is 4.97. The molecule has 1 aliphatic rings. The van der Waals surface area contributed by atoms with Gasteiger partial charge < -0.3 is 4.74 Å². The summed E-state index contributed by atoms with van der Waals surface area (Å²) in [5.74, 6) is 0. The van der Waals surface area contributed by atoms with Crippen molar-refractivity contribution in [3.05, 3.63) is 0 Å². The lowest BCUT2D eigenvalue weighted by Gasteiger charge is -2.28. The first-order valence-corrected chi connectivity index (χ1v) is 5.35. The van der Waals surface area contributed by atoms with Gasteiger partial charge in [-0.15, -0.1) is 0 Å². The van der Waals surface area contributed by atoms with Gasteiger partial charge >= 0.3 is 0 Å². The van der Waals surface area contributed by atoms with Crippen molar-refractivity contribution in [3.63, 3.8) is 0 Å². The normalized spacial score (nSPS) is 21.6. The van der Waals surface area contributed by atoms with E-state index in [1.54, 1.807) is 0 Å². The number of nitrogens with zero attached hydrogens (tertiary/aromatic N) is 1. The third kappa shape index (κ3) is 2.41. The SMILES string of the molecule is CN(C1CCOCC1)S(N)(=O)=O. The Kier molecular flexibility index (Phi) is 3.05. The van der Waals surface area contributed by atoms with Crippen molar-refractivity contribution >= 4 is 10.2 Å². The Hall–Kier alpha value is -0.170. The lowest BCUT2D eigenvalue weighted by molar-refractivity contribution is 0.0632. The van der Waals surface area contributed by atoms with E-state index in [2.05, 4.69) is 0 Å². The summed E-state index contributed by atoms with van der Waals surface area (Å²) in [5.41, 5.74) is 0. The van der Waals surface area contributed by atoms with Crippen LogP contribution in [0.5, 0.6) is 0 Å². The second-order valence-corrected chi connectivity index (χ2v) is 4.51. The molecule has 0 aliphatic carbocycles. The summed E-state index contributed by atoms with van der Waals surface area (Å²) in [4.78, 5) is 0. The lowest BCUT2D eigenvalue weighted by atomic mass is 10.1. The minimum absolute atomic E-state index is 0.00810. The monoisotopic (exact) mass is 194 g/mol.